The number of benzene rings is 2. The smallest absolute Gasteiger partial charge is 0.243 e. The molecule has 0 aliphatic carbocycles. The summed E-state index contributed by atoms with van der Waals surface area (Å²) in [5.74, 6) is 0.486. The normalized spacial score (nSPS) is 15.2. The van der Waals surface area contributed by atoms with E-state index < -0.39 is 0 Å². The van der Waals surface area contributed by atoms with Crippen molar-refractivity contribution < 1.29 is 4.79 Å². The highest BCUT2D eigenvalue weighted by molar-refractivity contribution is 5.95. The molecule has 2 aromatic rings. The summed E-state index contributed by atoms with van der Waals surface area (Å²) >= 11 is 0. The molecule has 1 aliphatic rings. The number of rotatable bonds is 6. The molecule has 6 nitrogen and oxygen atoms in total. The van der Waals surface area contributed by atoms with Crippen LogP contribution in [0, 0.1) is 0 Å². The van der Waals surface area contributed by atoms with Crippen molar-refractivity contribution in [3.63, 3.8) is 0 Å². The number of anilines is 2. The molecule has 1 amide bonds. The molecule has 0 saturated carbocycles. The number of para-hydroxylation sites is 1. The first-order chi connectivity index (χ1) is 13.7. The van der Waals surface area contributed by atoms with Crippen molar-refractivity contribution in [2.75, 3.05) is 36.9 Å². The van der Waals surface area contributed by atoms with Gasteiger partial charge in [-0.15, -0.1) is 0 Å². The van der Waals surface area contributed by atoms with Crippen LogP contribution in [0.1, 0.15) is 31.4 Å². The highest BCUT2D eigenvalue weighted by Gasteiger charge is 2.14. The zero-order valence-electron chi connectivity index (χ0n) is 16.6. The van der Waals surface area contributed by atoms with Crippen LogP contribution in [0.5, 0.6) is 0 Å². The Morgan fingerprint density at radius 2 is 1.86 bits per heavy atom. The van der Waals surface area contributed by atoms with Gasteiger partial charge >= 0.3 is 0 Å². The lowest BCUT2D eigenvalue weighted by Gasteiger charge is -2.22. The number of nitrogens with one attached hydrogen (secondary N) is 3. The zero-order valence-corrected chi connectivity index (χ0v) is 16.6. The summed E-state index contributed by atoms with van der Waals surface area (Å²) in [4.78, 5) is 18.8. The summed E-state index contributed by atoms with van der Waals surface area (Å²) in [6, 6.07) is 18.1. The van der Waals surface area contributed by atoms with Crippen molar-refractivity contribution in [1.29, 1.82) is 0 Å². The Kier molecular flexibility index (Phi) is 6.89. The highest BCUT2D eigenvalue weighted by Crippen LogP contribution is 2.23. The molecule has 2 aromatic carbocycles. The van der Waals surface area contributed by atoms with E-state index in [0.29, 0.717) is 5.96 Å². The first kappa shape index (κ1) is 19.7. The van der Waals surface area contributed by atoms with Gasteiger partial charge in [-0.05, 0) is 49.6 Å². The summed E-state index contributed by atoms with van der Waals surface area (Å²) in [5, 5.41) is 9.29. The molecule has 6 heteroatoms. The largest absolute Gasteiger partial charge is 0.372 e. The fourth-order valence-electron chi connectivity index (χ4n) is 3.34. The van der Waals surface area contributed by atoms with E-state index in [-0.39, 0.29) is 18.5 Å². The number of hydrogen-bond acceptors (Lipinski definition) is 3. The van der Waals surface area contributed by atoms with E-state index in [1.807, 2.05) is 30.3 Å². The molecule has 148 valence electrons. The summed E-state index contributed by atoms with van der Waals surface area (Å²) in [6.45, 7) is 4.51. The summed E-state index contributed by atoms with van der Waals surface area (Å²) in [6.07, 6.45) is 2.53. The fraction of sp³-hybridized carbons (Fsp3) is 0.364. The van der Waals surface area contributed by atoms with E-state index in [2.05, 4.69) is 57.0 Å². The van der Waals surface area contributed by atoms with Crippen molar-refractivity contribution in [2.24, 2.45) is 4.99 Å². The molecule has 0 aromatic heterocycles. The van der Waals surface area contributed by atoms with E-state index in [9.17, 15) is 4.79 Å². The first-order valence-corrected chi connectivity index (χ1v) is 9.82. The molecule has 1 atom stereocenters. The molecular formula is C22H29N5O. The lowest BCUT2D eigenvalue weighted by molar-refractivity contribution is -0.115. The molecule has 3 rings (SSSR count). The average Bonchev–Trinajstić information content (AvgIpc) is 3.27. The quantitative estimate of drug-likeness (QED) is 0.533. The van der Waals surface area contributed by atoms with Crippen LogP contribution in [0.2, 0.25) is 0 Å². The van der Waals surface area contributed by atoms with Gasteiger partial charge in [0.15, 0.2) is 5.96 Å². The second-order valence-electron chi connectivity index (χ2n) is 7.00. The second kappa shape index (κ2) is 9.78. The Hall–Kier alpha value is -3.02. The van der Waals surface area contributed by atoms with Gasteiger partial charge in [-0.1, -0.05) is 30.3 Å². The van der Waals surface area contributed by atoms with Crippen LogP contribution in [0.3, 0.4) is 0 Å². The van der Waals surface area contributed by atoms with Crippen LogP contribution in [0.15, 0.2) is 59.6 Å². The molecule has 1 aliphatic heterocycles. The fourth-order valence-corrected chi connectivity index (χ4v) is 3.34. The van der Waals surface area contributed by atoms with Gasteiger partial charge in [-0.3, -0.25) is 9.79 Å². The number of carbonyl (C=O) groups excluding carboxylic acids is 1. The molecule has 0 radical (unpaired) electrons. The number of carbonyl (C=O) groups is 1. The molecule has 0 spiro atoms. The lowest BCUT2D eigenvalue weighted by Crippen LogP contribution is -2.42. The summed E-state index contributed by atoms with van der Waals surface area (Å²) in [5.41, 5.74) is 3.25. The predicted octanol–water partition coefficient (Wildman–Crippen LogP) is 3.15. The third-order valence-corrected chi connectivity index (χ3v) is 4.89. The summed E-state index contributed by atoms with van der Waals surface area (Å²) in [7, 11) is 1.71. The van der Waals surface area contributed by atoms with Crippen LogP contribution in [0.4, 0.5) is 11.4 Å². The molecular weight excluding hydrogens is 350 g/mol. The van der Waals surface area contributed by atoms with Gasteiger partial charge in [0.25, 0.3) is 0 Å². The van der Waals surface area contributed by atoms with Crippen molar-refractivity contribution in [2.45, 2.75) is 25.8 Å². The highest BCUT2D eigenvalue weighted by atomic mass is 16.1. The van der Waals surface area contributed by atoms with Crippen LogP contribution in [0.25, 0.3) is 0 Å². The standard InChI is InChI=1S/C22H29N5O/c1-17(18-9-8-12-20(15-18)27-13-6-7-14-27)25-22(23-2)24-16-21(28)26-19-10-4-3-5-11-19/h3-5,8-12,15,17H,6-7,13-14,16H2,1-2H3,(H,26,28)(H2,23,24,25). The maximum atomic E-state index is 12.1. The Balaban J connectivity index is 1.52. The molecule has 3 N–H and O–H groups in total. The Morgan fingerprint density at radius 1 is 1.11 bits per heavy atom. The molecule has 1 saturated heterocycles. The SMILES string of the molecule is CN=C(NCC(=O)Nc1ccccc1)NC(C)c1cccc(N2CCCC2)c1. The van der Waals surface area contributed by atoms with Crippen molar-refractivity contribution in [3.05, 3.63) is 60.2 Å². The van der Waals surface area contributed by atoms with Crippen molar-refractivity contribution in [1.82, 2.24) is 10.6 Å². The van der Waals surface area contributed by atoms with E-state index in [1.165, 1.54) is 24.1 Å². The maximum absolute atomic E-state index is 12.1. The second-order valence-corrected chi connectivity index (χ2v) is 7.00. The minimum absolute atomic E-state index is 0.0749. The number of nitrogens with zero attached hydrogens (tertiary/aromatic N) is 2. The Labute approximate surface area is 167 Å². The van der Waals surface area contributed by atoms with Crippen LogP contribution < -0.4 is 20.9 Å². The number of hydrogen-bond donors (Lipinski definition) is 3. The molecule has 28 heavy (non-hydrogen) atoms. The number of aliphatic imine (C=N–C) groups is 1. The van der Waals surface area contributed by atoms with E-state index in [1.54, 1.807) is 7.05 Å². The number of amides is 1. The lowest BCUT2D eigenvalue weighted by atomic mass is 10.1. The zero-order chi connectivity index (χ0) is 19.8. The van der Waals surface area contributed by atoms with Crippen LogP contribution in [-0.4, -0.2) is 38.5 Å². The minimum Gasteiger partial charge on any atom is -0.372 e. The van der Waals surface area contributed by atoms with Gasteiger partial charge in [-0.2, -0.15) is 0 Å². The third-order valence-electron chi connectivity index (χ3n) is 4.89. The van der Waals surface area contributed by atoms with Gasteiger partial charge in [0, 0.05) is 31.5 Å². The van der Waals surface area contributed by atoms with Gasteiger partial charge in [0.05, 0.1) is 12.6 Å². The first-order valence-electron chi connectivity index (χ1n) is 9.82. The van der Waals surface area contributed by atoms with E-state index >= 15 is 0 Å². The van der Waals surface area contributed by atoms with Crippen LogP contribution in [-0.2, 0) is 4.79 Å². The maximum Gasteiger partial charge on any atom is 0.243 e. The monoisotopic (exact) mass is 379 g/mol. The topological polar surface area (TPSA) is 68.8 Å². The minimum atomic E-state index is -0.113. The van der Waals surface area contributed by atoms with Gasteiger partial charge in [0.2, 0.25) is 5.91 Å². The molecule has 0 bridgehead atoms. The molecule has 1 heterocycles. The van der Waals surface area contributed by atoms with E-state index in [4.69, 9.17) is 0 Å². The molecule has 1 unspecified atom stereocenters. The average molecular weight is 380 g/mol. The van der Waals surface area contributed by atoms with E-state index in [0.717, 1.165) is 18.8 Å². The number of guanidine groups is 1. The van der Waals surface area contributed by atoms with Crippen LogP contribution >= 0.6 is 0 Å². The van der Waals surface area contributed by atoms with Crippen molar-refractivity contribution >= 4 is 23.2 Å². The summed E-state index contributed by atoms with van der Waals surface area (Å²) < 4.78 is 0. The molecule has 1 fully saturated rings. The van der Waals surface area contributed by atoms with Crippen molar-refractivity contribution in [3.8, 4) is 0 Å². The van der Waals surface area contributed by atoms with Gasteiger partial charge < -0.3 is 20.9 Å². The Morgan fingerprint density at radius 3 is 2.57 bits per heavy atom. The third kappa shape index (κ3) is 5.49. The van der Waals surface area contributed by atoms with Gasteiger partial charge in [-0.25, -0.2) is 0 Å². The Bertz CT molecular complexity index is 800. The predicted molar refractivity (Wildman–Crippen MR) is 116 cm³/mol. The van der Waals surface area contributed by atoms with Gasteiger partial charge in [0.1, 0.15) is 0 Å².